The van der Waals surface area contributed by atoms with Crippen LogP contribution < -0.4 is 28.6 Å². The van der Waals surface area contributed by atoms with Gasteiger partial charge in [-0.15, -0.1) is 0 Å². The largest absolute Gasteiger partial charge is 0.497 e. The summed E-state index contributed by atoms with van der Waals surface area (Å²) in [5.74, 6) is 0.744. The number of amides is 1. The molecule has 0 fully saturated rings. The van der Waals surface area contributed by atoms with Crippen LogP contribution in [0, 0.1) is 6.92 Å². The summed E-state index contributed by atoms with van der Waals surface area (Å²) < 4.78 is 49.7. The van der Waals surface area contributed by atoms with Crippen molar-refractivity contribution in [3.63, 3.8) is 0 Å². The van der Waals surface area contributed by atoms with Crippen LogP contribution >= 0.6 is 11.6 Å². The molecule has 192 valence electrons. The highest BCUT2D eigenvalue weighted by molar-refractivity contribution is 7.93. The van der Waals surface area contributed by atoms with E-state index in [0.29, 0.717) is 28.5 Å². The Labute approximate surface area is 215 Å². The molecule has 0 bridgehead atoms. The van der Waals surface area contributed by atoms with Gasteiger partial charge in [0.15, 0.2) is 0 Å². The van der Waals surface area contributed by atoms with E-state index in [2.05, 4.69) is 5.32 Å². The molecule has 1 N–H and O–H groups in total. The molecule has 0 unspecified atom stereocenters. The van der Waals surface area contributed by atoms with Crippen molar-refractivity contribution in [3.8, 4) is 23.0 Å². The van der Waals surface area contributed by atoms with Gasteiger partial charge >= 0.3 is 0 Å². The zero-order chi connectivity index (χ0) is 26.5. The fourth-order valence-corrected chi connectivity index (χ4v) is 5.37. The Morgan fingerprint density at radius 3 is 2.11 bits per heavy atom. The van der Waals surface area contributed by atoms with E-state index in [1.165, 1.54) is 52.7 Å². The van der Waals surface area contributed by atoms with Crippen LogP contribution in [-0.4, -0.2) is 49.3 Å². The lowest BCUT2D eigenvalue weighted by Crippen LogP contribution is -2.38. The lowest BCUT2D eigenvalue weighted by Gasteiger charge is -2.26. The smallest absolute Gasteiger partial charge is 0.268 e. The van der Waals surface area contributed by atoms with Crippen molar-refractivity contribution in [1.82, 2.24) is 0 Å². The molecule has 3 aromatic rings. The minimum absolute atomic E-state index is 0.0938. The number of aryl methyl sites for hydroxylation is 1. The van der Waals surface area contributed by atoms with Crippen molar-refractivity contribution < 1.29 is 32.2 Å². The number of hydrogen-bond acceptors (Lipinski definition) is 7. The molecule has 9 nitrogen and oxygen atoms in total. The summed E-state index contributed by atoms with van der Waals surface area (Å²) >= 11 is 6.29. The van der Waals surface area contributed by atoms with E-state index < -0.39 is 22.5 Å². The van der Waals surface area contributed by atoms with Crippen molar-refractivity contribution in [2.45, 2.75) is 11.8 Å². The molecule has 0 saturated carbocycles. The van der Waals surface area contributed by atoms with Gasteiger partial charge < -0.3 is 24.3 Å². The third-order valence-corrected chi connectivity index (χ3v) is 7.37. The molecule has 0 aliphatic rings. The lowest BCUT2D eigenvalue weighted by atomic mass is 10.2. The molecule has 0 saturated heterocycles. The standard InChI is InChI=1S/C25H27ClN2O7S/c1-16-6-9-23(35-5)24(12-16)36(30,31)28(17-7-10-21(33-3)19(26)13-17)15-25(29)27-20-14-18(32-2)8-11-22(20)34-4/h6-14H,15H2,1-5H3,(H,27,29). The highest BCUT2D eigenvalue weighted by Crippen LogP contribution is 2.35. The zero-order valence-corrected chi connectivity index (χ0v) is 22.1. The molecule has 0 heterocycles. The van der Waals surface area contributed by atoms with E-state index >= 15 is 0 Å². The van der Waals surface area contributed by atoms with Crippen LogP contribution in [0.3, 0.4) is 0 Å². The molecule has 0 radical (unpaired) electrons. The number of sulfonamides is 1. The number of halogens is 1. The molecular weight excluding hydrogens is 508 g/mol. The second kappa shape index (κ2) is 11.4. The summed E-state index contributed by atoms with van der Waals surface area (Å²) in [6.45, 7) is 1.19. The Balaban J connectivity index is 2.07. The molecule has 11 heteroatoms. The monoisotopic (exact) mass is 534 g/mol. The first-order valence-corrected chi connectivity index (χ1v) is 12.5. The highest BCUT2D eigenvalue weighted by Gasteiger charge is 2.31. The highest BCUT2D eigenvalue weighted by atomic mass is 35.5. The van der Waals surface area contributed by atoms with E-state index in [1.54, 1.807) is 37.3 Å². The van der Waals surface area contributed by atoms with Crippen molar-refractivity contribution in [1.29, 1.82) is 0 Å². The zero-order valence-electron chi connectivity index (χ0n) is 20.5. The fraction of sp³-hybridized carbons (Fsp3) is 0.240. The first-order chi connectivity index (χ1) is 17.1. The maximum absolute atomic E-state index is 13.9. The predicted octanol–water partition coefficient (Wildman–Crippen LogP) is 4.52. The quantitative estimate of drug-likeness (QED) is 0.408. The predicted molar refractivity (Wildman–Crippen MR) is 138 cm³/mol. The number of benzene rings is 3. The Morgan fingerprint density at radius 1 is 0.861 bits per heavy atom. The second-order valence-electron chi connectivity index (χ2n) is 7.60. The minimum Gasteiger partial charge on any atom is -0.497 e. The normalized spacial score (nSPS) is 10.9. The van der Waals surface area contributed by atoms with Gasteiger partial charge in [0.05, 0.1) is 44.8 Å². The average molecular weight is 535 g/mol. The van der Waals surface area contributed by atoms with Gasteiger partial charge in [-0.3, -0.25) is 9.10 Å². The third-order valence-electron chi connectivity index (χ3n) is 5.28. The number of hydrogen-bond donors (Lipinski definition) is 1. The number of methoxy groups -OCH3 is 4. The maximum Gasteiger partial charge on any atom is 0.268 e. The van der Waals surface area contributed by atoms with Gasteiger partial charge in [-0.1, -0.05) is 17.7 Å². The van der Waals surface area contributed by atoms with E-state index in [-0.39, 0.29) is 21.4 Å². The van der Waals surface area contributed by atoms with Gasteiger partial charge in [-0.2, -0.15) is 0 Å². The Kier molecular flexibility index (Phi) is 8.54. The second-order valence-corrected chi connectivity index (χ2v) is 9.84. The maximum atomic E-state index is 13.9. The lowest BCUT2D eigenvalue weighted by molar-refractivity contribution is -0.114. The molecule has 3 rings (SSSR count). The van der Waals surface area contributed by atoms with Crippen LogP contribution in [0.4, 0.5) is 11.4 Å². The molecule has 0 atom stereocenters. The fourth-order valence-electron chi connectivity index (χ4n) is 3.46. The summed E-state index contributed by atoms with van der Waals surface area (Å²) in [4.78, 5) is 13.1. The number of ether oxygens (including phenoxy) is 4. The number of nitrogens with zero attached hydrogens (tertiary/aromatic N) is 1. The summed E-state index contributed by atoms with van der Waals surface area (Å²) in [5, 5.41) is 2.88. The number of rotatable bonds is 10. The van der Waals surface area contributed by atoms with E-state index in [9.17, 15) is 13.2 Å². The number of carbonyl (C=O) groups excluding carboxylic acids is 1. The van der Waals surface area contributed by atoms with Crippen LogP contribution in [0.15, 0.2) is 59.5 Å². The van der Waals surface area contributed by atoms with Crippen LogP contribution in [0.5, 0.6) is 23.0 Å². The van der Waals surface area contributed by atoms with Gasteiger partial charge in [-0.05, 0) is 55.0 Å². The molecule has 0 spiro atoms. The summed E-state index contributed by atoms with van der Waals surface area (Å²) in [6, 6.07) is 14.1. The summed E-state index contributed by atoms with van der Waals surface area (Å²) in [7, 11) is 1.49. The molecule has 1 amide bonds. The molecule has 0 aliphatic heterocycles. The van der Waals surface area contributed by atoms with E-state index in [0.717, 1.165) is 4.31 Å². The Hall–Kier alpha value is -3.63. The first kappa shape index (κ1) is 27.0. The van der Waals surface area contributed by atoms with Crippen LogP contribution in [0.1, 0.15) is 5.56 Å². The van der Waals surface area contributed by atoms with Gasteiger partial charge in [0.25, 0.3) is 10.0 Å². The third kappa shape index (κ3) is 5.77. The van der Waals surface area contributed by atoms with Crippen molar-refractivity contribution in [2.24, 2.45) is 0 Å². The number of carbonyl (C=O) groups is 1. The SMILES string of the molecule is COc1ccc(OC)c(NC(=O)CN(c2ccc(OC)c(Cl)c2)S(=O)(=O)c2cc(C)ccc2OC)c1. The Bertz CT molecular complexity index is 1360. The first-order valence-electron chi connectivity index (χ1n) is 10.7. The molecular formula is C25H27ClN2O7S. The average Bonchev–Trinajstić information content (AvgIpc) is 2.87. The topological polar surface area (TPSA) is 103 Å². The van der Waals surface area contributed by atoms with Crippen LogP contribution in [0.2, 0.25) is 5.02 Å². The van der Waals surface area contributed by atoms with E-state index in [4.69, 9.17) is 30.5 Å². The van der Waals surface area contributed by atoms with Gasteiger partial charge in [0.2, 0.25) is 5.91 Å². The van der Waals surface area contributed by atoms with Crippen LogP contribution in [0.25, 0.3) is 0 Å². The van der Waals surface area contributed by atoms with E-state index in [1.807, 2.05) is 0 Å². The van der Waals surface area contributed by atoms with Gasteiger partial charge in [0.1, 0.15) is 34.4 Å². The number of nitrogens with one attached hydrogen (secondary N) is 1. The molecule has 0 aliphatic carbocycles. The van der Waals surface area contributed by atoms with Crippen molar-refractivity contribution in [2.75, 3.05) is 44.6 Å². The molecule has 3 aromatic carbocycles. The van der Waals surface area contributed by atoms with Gasteiger partial charge in [0, 0.05) is 6.07 Å². The summed E-state index contributed by atoms with van der Waals surface area (Å²) in [6.07, 6.45) is 0. The van der Waals surface area contributed by atoms with Gasteiger partial charge in [-0.25, -0.2) is 8.42 Å². The van der Waals surface area contributed by atoms with Crippen LogP contribution in [-0.2, 0) is 14.8 Å². The minimum atomic E-state index is -4.28. The molecule has 36 heavy (non-hydrogen) atoms. The van der Waals surface area contributed by atoms with Crippen molar-refractivity contribution in [3.05, 3.63) is 65.2 Å². The summed E-state index contributed by atoms with van der Waals surface area (Å²) in [5.41, 5.74) is 1.19. The number of anilines is 2. The molecule has 0 aromatic heterocycles. The van der Waals surface area contributed by atoms with Crippen molar-refractivity contribution >= 4 is 38.9 Å². The Morgan fingerprint density at radius 2 is 1.50 bits per heavy atom.